The minimum absolute atomic E-state index is 0.210. The Balaban J connectivity index is 1.45. The highest BCUT2D eigenvalue weighted by atomic mass is 16.3. The fraction of sp³-hybridized carbons (Fsp3) is 0.259. The van der Waals surface area contributed by atoms with Gasteiger partial charge >= 0.3 is 0 Å². The SMILES string of the molecule is OC(c1ccccc1)(c1ccccc1)C1CCN(C/C=C/c2ccccc2)CC1. The van der Waals surface area contributed by atoms with Crippen LogP contribution in [0.15, 0.2) is 97.1 Å². The summed E-state index contributed by atoms with van der Waals surface area (Å²) in [6, 6.07) is 30.8. The van der Waals surface area contributed by atoms with Crippen molar-refractivity contribution in [2.24, 2.45) is 5.92 Å². The second-order valence-corrected chi connectivity index (χ2v) is 7.89. The maximum Gasteiger partial charge on any atom is 0.117 e. The number of nitrogens with zero attached hydrogens (tertiary/aromatic N) is 1. The van der Waals surface area contributed by atoms with Gasteiger partial charge in [-0.1, -0.05) is 103 Å². The van der Waals surface area contributed by atoms with Crippen LogP contribution in [0.3, 0.4) is 0 Å². The molecule has 0 unspecified atom stereocenters. The normalized spacial score (nSPS) is 16.3. The lowest BCUT2D eigenvalue weighted by molar-refractivity contribution is -0.0127. The van der Waals surface area contributed by atoms with Crippen LogP contribution in [0.25, 0.3) is 6.08 Å². The van der Waals surface area contributed by atoms with Gasteiger partial charge in [-0.05, 0) is 48.5 Å². The highest BCUT2D eigenvalue weighted by Crippen LogP contribution is 2.41. The molecule has 3 aromatic rings. The molecule has 2 nitrogen and oxygen atoms in total. The van der Waals surface area contributed by atoms with Crippen LogP contribution >= 0.6 is 0 Å². The number of piperidine rings is 1. The summed E-state index contributed by atoms with van der Waals surface area (Å²) < 4.78 is 0. The van der Waals surface area contributed by atoms with Crippen molar-refractivity contribution in [2.45, 2.75) is 18.4 Å². The lowest BCUT2D eigenvalue weighted by Crippen LogP contribution is -2.44. The van der Waals surface area contributed by atoms with Crippen LogP contribution in [0.2, 0.25) is 0 Å². The molecule has 1 fully saturated rings. The van der Waals surface area contributed by atoms with Gasteiger partial charge in [0.25, 0.3) is 0 Å². The highest BCUT2D eigenvalue weighted by molar-refractivity contribution is 5.48. The Bertz CT molecular complexity index is 858. The van der Waals surface area contributed by atoms with Gasteiger partial charge in [0.2, 0.25) is 0 Å². The van der Waals surface area contributed by atoms with Crippen molar-refractivity contribution in [3.05, 3.63) is 114 Å². The van der Waals surface area contributed by atoms with Crippen molar-refractivity contribution >= 4 is 6.08 Å². The average molecular weight is 384 g/mol. The largest absolute Gasteiger partial charge is 0.380 e. The molecule has 2 heteroatoms. The molecule has 0 bridgehead atoms. The third-order valence-electron chi connectivity index (χ3n) is 6.08. The number of hydrogen-bond acceptors (Lipinski definition) is 2. The molecule has 0 saturated carbocycles. The molecule has 1 heterocycles. The van der Waals surface area contributed by atoms with E-state index < -0.39 is 5.60 Å². The Morgan fingerprint density at radius 2 is 1.24 bits per heavy atom. The summed E-state index contributed by atoms with van der Waals surface area (Å²) in [4.78, 5) is 2.48. The van der Waals surface area contributed by atoms with Crippen molar-refractivity contribution in [1.82, 2.24) is 4.90 Å². The number of likely N-dealkylation sites (tertiary alicyclic amines) is 1. The third kappa shape index (κ3) is 4.50. The van der Waals surface area contributed by atoms with Crippen molar-refractivity contribution in [2.75, 3.05) is 19.6 Å². The summed E-state index contributed by atoms with van der Waals surface area (Å²) in [5, 5.41) is 12.0. The Morgan fingerprint density at radius 3 is 1.76 bits per heavy atom. The fourth-order valence-electron chi connectivity index (χ4n) is 4.46. The van der Waals surface area contributed by atoms with Crippen LogP contribution in [0, 0.1) is 5.92 Å². The van der Waals surface area contributed by atoms with Crippen molar-refractivity contribution in [3.63, 3.8) is 0 Å². The van der Waals surface area contributed by atoms with Crippen molar-refractivity contribution in [1.29, 1.82) is 0 Å². The van der Waals surface area contributed by atoms with E-state index in [4.69, 9.17) is 0 Å². The Morgan fingerprint density at radius 1 is 0.759 bits per heavy atom. The lowest BCUT2D eigenvalue weighted by Gasteiger charge is -2.42. The molecular formula is C27H29NO. The van der Waals surface area contributed by atoms with E-state index in [1.54, 1.807) is 0 Å². The molecule has 148 valence electrons. The molecule has 1 aliphatic rings. The van der Waals surface area contributed by atoms with E-state index in [2.05, 4.69) is 65.6 Å². The Hall–Kier alpha value is -2.68. The van der Waals surface area contributed by atoms with E-state index in [1.165, 1.54) is 5.56 Å². The maximum atomic E-state index is 12.0. The zero-order valence-corrected chi connectivity index (χ0v) is 16.8. The minimum Gasteiger partial charge on any atom is -0.380 e. The maximum absolute atomic E-state index is 12.0. The second-order valence-electron chi connectivity index (χ2n) is 7.89. The first-order valence-electron chi connectivity index (χ1n) is 10.5. The Labute approximate surface area is 174 Å². The summed E-state index contributed by atoms with van der Waals surface area (Å²) in [5.41, 5.74) is 2.29. The van der Waals surface area contributed by atoms with Gasteiger partial charge in [-0.25, -0.2) is 0 Å². The van der Waals surface area contributed by atoms with Crippen LogP contribution in [0.5, 0.6) is 0 Å². The van der Waals surface area contributed by atoms with Gasteiger partial charge in [-0.3, -0.25) is 4.90 Å². The topological polar surface area (TPSA) is 23.5 Å². The molecule has 0 aliphatic carbocycles. The van der Waals surface area contributed by atoms with Gasteiger partial charge < -0.3 is 5.11 Å². The van der Waals surface area contributed by atoms with E-state index in [0.717, 1.165) is 43.6 Å². The quantitative estimate of drug-likeness (QED) is 0.620. The highest BCUT2D eigenvalue weighted by Gasteiger charge is 2.41. The van der Waals surface area contributed by atoms with Crippen LogP contribution in [0.1, 0.15) is 29.5 Å². The molecule has 1 N–H and O–H groups in total. The zero-order chi connectivity index (χ0) is 19.9. The molecule has 0 atom stereocenters. The van der Waals surface area contributed by atoms with E-state index >= 15 is 0 Å². The molecule has 0 radical (unpaired) electrons. The summed E-state index contributed by atoms with van der Waals surface area (Å²) in [6.45, 7) is 2.97. The van der Waals surface area contributed by atoms with Gasteiger partial charge in [0, 0.05) is 6.54 Å². The molecule has 0 spiro atoms. The first-order chi connectivity index (χ1) is 14.3. The number of hydrogen-bond donors (Lipinski definition) is 1. The number of aliphatic hydroxyl groups is 1. The van der Waals surface area contributed by atoms with Crippen molar-refractivity contribution in [3.8, 4) is 0 Å². The van der Waals surface area contributed by atoms with Gasteiger partial charge in [0.05, 0.1) is 0 Å². The van der Waals surface area contributed by atoms with E-state index in [-0.39, 0.29) is 5.92 Å². The summed E-state index contributed by atoms with van der Waals surface area (Å²) in [6.07, 6.45) is 6.41. The molecule has 0 aromatic heterocycles. The molecule has 0 amide bonds. The number of benzene rings is 3. The molecule has 3 aromatic carbocycles. The standard InChI is InChI=1S/C27H29NO/c29-27(24-14-6-2-7-15-24,25-16-8-3-9-17-25)26-18-21-28(22-19-26)20-10-13-23-11-4-1-5-12-23/h1-17,26,29H,18-22H2/b13-10+. The minimum atomic E-state index is -0.936. The van der Waals surface area contributed by atoms with Gasteiger partial charge in [-0.2, -0.15) is 0 Å². The predicted octanol–water partition coefficient (Wildman–Crippen LogP) is 5.35. The molecule has 1 saturated heterocycles. The summed E-state index contributed by atoms with van der Waals surface area (Å²) in [7, 11) is 0. The number of rotatable bonds is 6. The molecule has 29 heavy (non-hydrogen) atoms. The smallest absolute Gasteiger partial charge is 0.117 e. The van der Waals surface area contributed by atoms with E-state index in [0.29, 0.717) is 0 Å². The third-order valence-corrected chi connectivity index (χ3v) is 6.08. The summed E-state index contributed by atoms with van der Waals surface area (Å²) >= 11 is 0. The lowest BCUT2D eigenvalue weighted by atomic mass is 9.72. The fourth-order valence-corrected chi connectivity index (χ4v) is 4.46. The van der Waals surface area contributed by atoms with E-state index in [9.17, 15) is 5.11 Å². The summed E-state index contributed by atoms with van der Waals surface area (Å²) in [5.74, 6) is 0.210. The first kappa shape index (κ1) is 19.6. The van der Waals surface area contributed by atoms with Crippen LogP contribution in [-0.2, 0) is 5.60 Å². The van der Waals surface area contributed by atoms with Crippen LogP contribution in [-0.4, -0.2) is 29.6 Å². The van der Waals surface area contributed by atoms with Crippen molar-refractivity contribution < 1.29 is 5.11 Å². The molecular weight excluding hydrogens is 354 g/mol. The van der Waals surface area contributed by atoms with E-state index in [1.807, 2.05) is 42.5 Å². The Kier molecular flexibility index (Phi) is 6.24. The molecule has 4 rings (SSSR count). The molecule has 1 aliphatic heterocycles. The predicted molar refractivity (Wildman–Crippen MR) is 121 cm³/mol. The van der Waals surface area contributed by atoms with Crippen LogP contribution in [0.4, 0.5) is 0 Å². The van der Waals surface area contributed by atoms with Crippen LogP contribution < -0.4 is 0 Å². The monoisotopic (exact) mass is 383 g/mol. The first-order valence-corrected chi connectivity index (χ1v) is 10.5. The van der Waals surface area contributed by atoms with Gasteiger partial charge in [-0.15, -0.1) is 0 Å². The van der Waals surface area contributed by atoms with Gasteiger partial charge in [0.15, 0.2) is 0 Å². The zero-order valence-electron chi connectivity index (χ0n) is 16.8. The average Bonchev–Trinajstić information content (AvgIpc) is 2.81. The second kappa shape index (κ2) is 9.21. The van der Waals surface area contributed by atoms with Gasteiger partial charge in [0.1, 0.15) is 5.60 Å².